The van der Waals surface area contributed by atoms with Gasteiger partial charge in [-0.3, -0.25) is 9.89 Å². The number of nitrogens with zero attached hydrogens (tertiary/aromatic N) is 1. The molecule has 3 rings (SSSR count). The van der Waals surface area contributed by atoms with Crippen LogP contribution in [0.4, 0.5) is 5.69 Å². The molecule has 22 heavy (non-hydrogen) atoms. The lowest BCUT2D eigenvalue weighted by molar-refractivity contribution is -0.115. The quantitative estimate of drug-likeness (QED) is 0.698. The molecular weight excluding hydrogens is 346 g/mol. The SMILES string of the molecule is COc1cccc(C(Br)C(=O)Nc2ccc3[nH]ncc3c2)c1. The van der Waals surface area contributed by atoms with Crippen LogP contribution in [0.2, 0.25) is 0 Å². The number of aromatic amines is 1. The van der Waals surface area contributed by atoms with Crippen molar-refractivity contribution in [3.8, 4) is 5.75 Å². The maximum Gasteiger partial charge on any atom is 0.242 e. The highest BCUT2D eigenvalue weighted by molar-refractivity contribution is 9.09. The third-order valence-corrected chi connectivity index (χ3v) is 4.27. The van der Waals surface area contributed by atoms with E-state index in [2.05, 4.69) is 31.4 Å². The smallest absolute Gasteiger partial charge is 0.242 e. The van der Waals surface area contributed by atoms with E-state index in [9.17, 15) is 4.79 Å². The van der Waals surface area contributed by atoms with Gasteiger partial charge in [-0.25, -0.2) is 0 Å². The lowest BCUT2D eigenvalue weighted by atomic mass is 10.1. The van der Waals surface area contributed by atoms with E-state index in [1.165, 1.54) is 0 Å². The second-order valence-corrected chi connectivity index (χ2v) is 5.72. The van der Waals surface area contributed by atoms with Crippen molar-refractivity contribution >= 4 is 38.4 Å². The molecule has 2 N–H and O–H groups in total. The largest absolute Gasteiger partial charge is 0.497 e. The molecule has 0 saturated heterocycles. The molecule has 5 nitrogen and oxygen atoms in total. The molecule has 0 saturated carbocycles. The Morgan fingerprint density at radius 2 is 2.18 bits per heavy atom. The molecule has 1 heterocycles. The summed E-state index contributed by atoms with van der Waals surface area (Å²) >= 11 is 3.43. The fraction of sp³-hybridized carbons (Fsp3) is 0.125. The Morgan fingerprint density at radius 1 is 1.32 bits per heavy atom. The normalized spacial score (nSPS) is 12.1. The van der Waals surface area contributed by atoms with E-state index in [1.54, 1.807) is 13.3 Å². The maximum absolute atomic E-state index is 12.4. The molecule has 0 aliphatic carbocycles. The van der Waals surface area contributed by atoms with Crippen molar-refractivity contribution in [2.75, 3.05) is 12.4 Å². The van der Waals surface area contributed by atoms with Gasteiger partial charge < -0.3 is 10.1 Å². The zero-order valence-corrected chi connectivity index (χ0v) is 13.4. The Hall–Kier alpha value is -2.34. The molecule has 0 aliphatic heterocycles. The summed E-state index contributed by atoms with van der Waals surface area (Å²) in [7, 11) is 1.60. The number of amides is 1. The highest BCUT2D eigenvalue weighted by Gasteiger charge is 2.18. The monoisotopic (exact) mass is 359 g/mol. The van der Waals surface area contributed by atoms with E-state index >= 15 is 0 Å². The highest BCUT2D eigenvalue weighted by atomic mass is 79.9. The molecule has 0 spiro atoms. The molecule has 0 radical (unpaired) electrons. The van der Waals surface area contributed by atoms with Gasteiger partial charge in [0.25, 0.3) is 0 Å². The number of H-pyrrole nitrogens is 1. The van der Waals surface area contributed by atoms with Gasteiger partial charge in [-0.1, -0.05) is 28.1 Å². The van der Waals surface area contributed by atoms with Crippen molar-refractivity contribution in [2.24, 2.45) is 0 Å². The Kier molecular flexibility index (Phi) is 4.11. The van der Waals surface area contributed by atoms with Crippen LogP contribution in [0.1, 0.15) is 10.4 Å². The van der Waals surface area contributed by atoms with Crippen LogP contribution >= 0.6 is 15.9 Å². The number of carbonyl (C=O) groups is 1. The van der Waals surface area contributed by atoms with Crippen LogP contribution in [-0.4, -0.2) is 23.2 Å². The van der Waals surface area contributed by atoms with E-state index in [4.69, 9.17) is 4.74 Å². The van der Waals surface area contributed by atoms with E-state index in [0.29, 0.717) is 0 Å². The topological polar surface area (TPSA) is 67.0 Å². The lowest BCUT2D eigenvalue weighted by Gasteiger charge is -2.12. The van der Waals surface area contributed by atoms with E-state index in [-0.39, 0.29) is 5.91 Å². The lowest BCUT2D eigenvalue weighted by Crippen LogP contribution is -2.16. The number of anilines is 1. The van der Waals surface area contributed by atoms with Crippen molar-refractivity contribution in [1.29, 1.82) is 0 Å². The maximum atomic E-state index is 12.4. The zero-order chi connectivity index (χ0) is 15.5. The fourth-order valence-corrected chi connectivity index (χ4v) is 2.58. The molecule has 6 heteroatoms. The number of rotatable bonds is 4. The molecule has 1 aromatic heterocycles. The second kappa shape index (κ2) is 6.19. The van der Waals surface area contributed by atoms with Gasteiger partial charge in [0.15, 0.2) is 0 Å². The van der Waals surface area contributed by atoms with Crippen LogP contribution in [0.25, 0.3) is 10.9 Å². The van der Waals surface area contributed by atoms with Crippen LogP contribution < -0.4 is 10.1 Å². The van der Waals surface area contributed by atoms with Crippen LogP contribution in [0.5, 0.6) is 5.75 Å². The first-order chi connectivity index (χ1) is 10.7. The molecule has 3 aromatic rings. The minimum atomic E-state index is -0.456. The fourth-order valence-electron chi connectivity index (χ4n) is 2.18. The summed E-state index contributed by atoms with van der Waals surface area (Å²) < 4.78 is 5.18. The number of halogens is 1. The van der Waals surface area contributed by atoms with Crippen molar-refractivity contribution in [3.63, 3.8) is 0 Å². The van der Waals surface area contributed by atoms with Crippen LogP contribution in [0.15, 0.2) is 48.7 Å². The van der Waals surface area contributed by atoms with Gasteiger partial charge in [-0.05, 0) is 35.9 Å². The number of methoxy groups -OCH3 is 1. The number of ether oxygens (including phenoxy) is 1. The van der Waals surface area contributed by atoms with Gasteiger partial charge in [0.1, 0.15) is 10.6 Å². The predicted molar refractivity (Wildman–Crippen MR) is 89.4 cm³/mol. The number of aromatic nitrogens is 2. The summed E-state index contributed by atoms with van der Waals surface area (Å²) in [6.07, 6.45) is 1.72. The number of hydrogen-bond donors (Lipinski definition) is 2. The first-order valence-corrected chi connectivity index (χ1v) is 7.61. The number of benzene rings is 2. The molecule has 112 valence electrons. The Bertz CT molecular complexity index is 816. The zero-order valence-electron chi connectivity index (χ0n) is 11.8. The van der Waals surface area contributed by atoms with E-state index in [0.717, 1.165) is 27.9 Å². The first kappa shape index (κ1) is 14.6. The minimum Gasteiger partial charge on any atom is -0.497 e. The summed E-state index contributed by atoms with van der Waals surface area (Å²) in [6, 6.07) is 13.0. The molecule has 1 atom stereocenters. The van der Waals surface area contributed by atoms with Crippen molar-refractivity contribution < 1.29 is 9.53 Å². The average molecular weight is 360 g/mol. The summed E-state index contributed by atoms with van der Waals surface area (Å²) in [5.74, 6) is 0.575. The van der Waals surface area contributed by atoms with Gasteiger partial charge in [-0.15, -0.1) is 0 Å². The van der Waals surface area contributed by atoms with Gasteiger partial charge >= 0.3 is 0 Å². The third kappa shape index (κ3) is 2.96. The minimum absolute atomic E-state index is 0.143. The van der Waals surface area contributed by atoms with E-state index < -0.39 is 4.83 Å². The van der Waals surface area contributed by atoms with Crippen molar-refractivity contribution in [2.45, 2.75) is 4.83 Å². The summed E-state index contributed by atoms with van der Waals surface area (Å²) in [4.78, 5) is 11.9. The van der Waals surface area contributed by atoms with Crippen LogP contribution in [0, 0.1) is 0 Å². The number of alkyl halides is 1. The summed E-state index contributed by atoms with van der Waals surface area (Å²) in [5.41, 5.74) is 2.49. The molecule has 0 aliphatic rings. The van der Waals surface area contributed by atoms with Crippen LogP contribution in [0.3, 0.4) is 0 Å². The van der Waals surface area contributed by atoms with Gasteiger partial charge in [0.2, 0.25) is 5.91 Å². The first-order valence-electron chi connectivity index (χ1n) is 6.69. The highest BCUT2D eigenvalue weighted by Crippen LogP contribution is 2.28. The molecule has 0 bridgehead atoms. The van der Waals surface area contributed by atoms with E-state index in [1.807, 2.05) is 42.5 Å². The summed E-state index contributed by atoms with van der Waals surface area (Å²) in [6.45, 7) is 0. The number of hydrogen-bond acceptors (Lipinski definition) is 3. The predicted octanol–water partition coefficient (Wildman–Crippen LogP) is 3.65. The molecular formula is C16H14BrN3O2. The van der Waals surface area contributed by atoms with Gasteiger partial charge in [0.05, 0.1) is 18.8 Å². The molecule has 2 aromatic carbocycles. The van der Waals surface area contributed by atoms with Crippen molar-refractivity contribution in [1.82, 2.24) is 10.2 Å². The van der Waals surface area contributed by atoms with Gasteiger partial charge in [-0.2, -0.15) is 5.10 Å². The molecule has 1 amide bonds. The molecule has 0 fully saturated rings. The summed E-state index contributed by atoms with van der Waals surface area (Å²) in [5, 5.41) is 10.7. The number of nitrogens with one attached hydrogen (secondary N) is 2. The number of fused-ring (bicyclic) bond motifs is 1. The Labute approximate surface area is 135 Å². The number of carbonyl (C=O) groups excluding carboxylic acids is 1. The Balaban J connectivity index is 1.77. The Morgan fingerprint density at radius 3 is 3.00 bits per heavy atom. The second-order valence-electron chi connectivity index (χ2n) is 4.80. The standard InChI is InChI=1S/C16H14BrN3O2/c1-22-13-4-2-3-10(8-13)15(17)16(21)19-12-5-6-14-11(7-12)9-18-20-14/h2-9,15H,1H3,(H,18,20)(H,19,21). The average Bonchev–Trinajstić information content (AvgIpc) is 3.01. The third-order valence-electron chi connectivity index (χ3n) is 3.32. The van der Waals surface area contributed by atoms with Crippen molar-refractivity contribution in [3.05, 3.63) is 54.2 Å². The van der Waals surface area contributed by atoms with Crippen LogP contribution in [-0.2, 0) is 4.79 Å². The molecule has 1 unspecified atom stereocenters. The van der Waals surface area contributed by atoms with Gasteiger partial charge in [0, 0.05) is 11.1 Å².